The molecule has 0 spiro atoms. The standard InChI is InChI=1S/C36H46F2N6O8/c1-5-6-7-8-13-30(45)40-26(18-23-16-24(37)19-25(38)17-23)32(47)41-27-20-52-36(51)29-12-10-15-44(29)33(48)21(2)39-31(46)22(3)42(4)35(50)28-11-9-14-43(28)34(27)49/h5,8,13,16-17,19,21-22,26-29H,1,6-7,9-12,14-15,18,20H2,2-4H3,(H,39,46)(H,40,45)(H,41,47)/b13-8+/t21-,22-,26-,27-,28-,29-/m0/s1. The number of ether oxygens (including phenoxy) is 1. The Morgan fingerprint density at radius 1 is 0.962 bits per heavy atom. The zero-order valence-electron chi connectivity index (χ0n) is 29.6. The summed E-state index contributed by atoms with van der Waals surface area (Å²) in [6.45, 7) is 6.23. The molecule has 0 aliphatic carbocycles. The summed E-state index contributed by atoms with van der Waals surface area (Å²) in [6, 6.07) is -4.44. The number of carbonyl (C=O) groups is 7. The minimum Gasteiger partial charge on any atom is -0.461 e. The van der Waals surface area contributed by atoms with Crippen molar-refractivity contribution in [3.63, 3.8) is 0 Å². The first-order valence-corrected chi connectivity index (χ1v) is 17.4. The maximum Gasteiger partial charge on any atom is 0.328 e. The smallest absolute Gasteiger partial charge is 0.328 e. The van der Waals surface area contributed by atoms with Crippen LogP contribution in [0.25, 0.3) is 0 Å². The van der Waals surface area contributed by atoms with Gasteiger partial charge in [-0.15, -0.1) is 6.58 Å². The van der Waals surface area contributed by atoms with E-state index >= 15 is 0 Å². The van der Waals surface area contributed by atoms with Gasteiger partial charge in [0.15, 0.2) is 0 Å². The summed E-state index contributed by atoms with van der Waals surface area (Å²) < 4.78 is 33.8. The highest BCUT2D eigenvalue weighted by Gasteiger charge is 2.43. The average molecular weight is 729 g/mol. The predicted molar refractivity (Wildman–Crippen MR) is 183 cm³/mol. The molecule has 1 aromatic rings. The second kappa shape index (κ2) is 17.9. The van der Waals surface area contributed by atoms with Gasteiger partial charge in [0.25, 0.3) is 0 Å². The summed E-state index contributed by atoms with van der Waals surface area (Å²) in [7, 11) is 1.41. The lowest BCUT2D eigenvalue weighted by Crippen LogP contribution is -2.60. The Balaban J connectivity index is 1.66. The third kappa shape index (κ3) is 9.79. The van der Waals surface area contributed by atoms with Crippen molar-refractivity contribution in [2.75, 3.05) is 26.7 Å². The Bertz CT molecular complexity index is 1580. The van der Waals surface area contributed by atoms with Crippen LogP contribution in [0.3, 0.4) is 0 Å². The number of likely N-dealkylation sites (N-methyl/N-ethyl adjacent to an activating group) is 1. The number of benzene rings is 1. The van der Waals surface area contributed by atoms with Gasteiger partial charge in [0.1, 0.15) is 54.5 Å². The molecule has 6 amide bonds. The molecule has 3 N–H and O–H groups in total. The monoisotopic (exact) mass is 728 g/mol. The van der Waals surface area contributed by atoms with Crippen LogP contribution >= 0.6 is 0 Å². The topological polar surface area (TPSA) is 175 Å². The van der Waals surface area contributed by atoms with Crippen LogP contribution in [0.5, 0.6) is 0 Å². The van der Waals surface area contributed by atoms with Crippen molar-refractivity contribution >= 4 is 41.4 Å². The van der Waals surface area contributed by atoms with E-state index in [0.29, 0.717) is 31.7 Å². The Kier molecular flexibility index (Phi) is 13.6. The largest absolute Gasteiger partial charge is 0.461 e. The molecule has 4 rings (SSSR count). The summed E-state index contributed by atoms with van der Waals surface area (Å²) >= 11 is 0. The van der Waals surface area contributed by atoms with Gasteiger partial charge >= 0.3 is 5.97 Å². The molecular weight excluding hydrogens is 682 g/mol. The molecule has 3 aliphatic rings. The van der Waals surface area contributed by atoms with Crippen molar-refractivity contribution in [2.24, 2.45) is 0 Å². The lowest BCUT2D eigenvalue weighted by atomic mass is 10.0. The number of carbonyl (C=O) groups excluding carboxylic acids is 7. The molecule has 3 heterocycles. The van der Waals surface area contributed by atoms with Crippen molar-refractivity contribution < 1.29 is 47.1 Å². The number of fused-ring (bicyclic) bond motifs is 2. The summed E-state index contributed by atoms with van der Waals surface area (Å²) in [6.07, 6.45) is 6.52. The van der Waals surface area contributed by atoms with Crippen molar-refractivity contribution in [3.05, 3.63) is 60.2 Å². The molecule has 3 aliphatic heterocycles. The Labute approximate surface area is 300 Å². The van der Waals surface area contributed by atoms with Crippen molar-refractivity contribution in [3.8, 4) is 0 Å². The highest BCUT2D eigenvalue weighted by molar-refractivity contribution is 5.98. The maximum atomic E-state index is 14.2. The molecule has 14 nitrogen and oxygen atoms in total. The number of hydrogen-bond acceptors (Lipinski definition) is 8. The molecule has 1 aromatic carbocycles. The number of allylic oxidation sites excluding steroid dienone is 2. The van der Waals surface area contributed by atoms with Gasteiger partial charge in [0.05, 0.1) is 0 Å². The minimum absolute atomic E-state index is 0.0379. The van der Waals surface area contributed by atoms with Crippen LogP contribution in [0.15, 0.2) is 43.0 Å². The quantitative estimate of drug-likeness (QED) is 0.146. The fourth-order valence-corrected chi connectivity index (χ4v) is 6.52. The number of halogens is 2. The second-order valence-corrected chi connectivity index (χ2v) is 13.2. The van der Waals surface area contributed by atoms with Crippen LogP contribution in [0.4, 0.5) is 8.78 Å². The lowest BCUT2D eigenvalue weighted by molar-refractivity contribution is -0.158. The third-order valence-electron chi connectivity index (χ3n) is 9.47. The molecular formula is C36H46F2N6O8. The maximum absolute atomic E-state index is 14.2. The summed E-state index contributed by atoms with van der Waals surface area (Å²) in [5.74, 6) is -6.73. The summed E-state index contributed by atoms with van der Waals surface area (Å²) in [5.41, 5.74) is 0.0379. The van der Waals surface area contributed by atoms with E-state index < -0.39 is 95.9 Å². The summed E-state index contributed by atoms with van der Waals surface area (Å²) in [5, 5.41) is 7.67. The first-order valence-electron chi connectivity index (χ1n) is 17.4. The van der Waals surface area contributed by atoms with Crippen LogP contribution in [0, 0.1) is 11.6 Å². The third-order valence-corrected chi connectivity index (χ3v) is 9.47. The number of rotatable bonds is 9. The zero-order valence-corrected chi connectivity index (χ0v) is 29.6. The average Bonchev–Trinajstić information content (AvgIpc) is 3.80. The van der Waals surface area contributed by atoms with Crippen LogP contribution in [-0.2, 0) is 44.7 Å². The fourth-order valence-electron chi connectivity index (χ4n) is 6.52. The molecule has 6 atom stereocenters. The van der Waals surface area contributed by atoms with E-state index in [4.69, 9.17) is 4.74 Å². The molecule has 52 heavy (non-hydrogen) atoms. The van der Waals surface area contributed by atoms with Gasteiger partial charge < -0.3 is 35.4 Å². The number of esters is 1. The van der Waals surface area contributed by atoms with E-state index in [-0.39, 0.29) is 37.9 Å². The van der Waals surface area contributed by atoms with E-state index in [1.54, 1.807) is 12.2 Å². The molecule has 3 saturated heterocycles. The Morgan fingerprint density at radius 2 is 1.60 bits per heavy atom. The van der Waals surface area contributed by atoms with Gasteiger partial charge in [0, 0.05) is 32.6 Å². The van der Waals surface area contributed by atoms with Crippen molar-refractivity contribution in [2.45, 2.75) is 95.0 Å². The van der Waals surface area contributed by atoms with Crippen LogP contribution in [0.1, 0.15) is 57.9 Å². The Hall–Kier alpha value is -5.15. The number of unbranched alkanes of at least 4 members (excludes halogenated alkanes) is 1. The van der Waals surface area contributed by atoms with E-state index in [1.165, 1.54) is 41.7 Å². The van der Waals surface area contributed by atoms with Crippen LogP contribution < -0.4 is 16.0 Å². The normalized spacial score (nSPS) is 25.4. The highest BCUT2D eigenvalue weighted by Crippen LogP contribution is 2.23. The van der Waals surface area contributed by atoms with Gasteiger partial charge in [-0.25, -0.2) is 13.6 Å². The first-order chi connectivity index (χ1) is 24.7. The molecule has 0 aromatic heterocycles. The fraction of sp³-hybridized carbons (Fsp3) is 0.528. The predicted octanol–water partition coefficient (Wildman–Crippen LogP) is 0.890. The van der Waals surface area contributed by atoms with E-state index in [9.17, 15) is 42.3 Å². The van der Waals surface area contributed by atoms with Gasteiger partial charge in [0.2, 0.25) is 35.4 Å². The molecule has 0 unspecified atom stereocenters. The van der Waals surface area contributed by atoms with E-state index in [0.717, 1.165) is 12.1 Å². The Morgan fingerprint density at radius 3 is 2.25 bits per heavy atom. The van der Waals surface area contributed by atoms with E-state index in [1.807, 2.05) is 0 Å². The van der Waals surface area contributed by atoms with Crippen LogP contribution in [0.2, 0.25) is 0 Å². The zero-order chi connectivity index (χ0) is 38.1. The minimum atomic E-state index is -1.57. The van der Waals surface area contributed by atoms with Crippen molar-refractivity contribution in [1.29, 1.82) is 0 Å². The van der Waals surface area contributed by atoms with Gasteiger partial charge in [-0.05, 0) is 76.1 Å². The number of hydrogen-bond donors (Lipinski definition) is 3. The molecule has 16 heteroatoms. The molecule has 282 valence electrons. The first kappa shape index (κ1) is 39.6. The second-order valence-electron chi connectivity index (χ2n) is 13.2. The van der Waals surface area contributed by atoms with E-state index in [2.05, 4.69) is 22.5 Å². The molecule has 0 radical (unpaired) electrons. The SMILES string of the molecule is C=CCC/C=C/C(=O)N[C@@H](Cc1cc(F)cc(F)c1)C(=O)N[C@H]1COC(=O)[C@@H]2CCCN2C(=O)[C@H](C)NC(=O)[C@H](C)N(C)C(=O)[C@@H]2CCCN2C1=O. The number of cyclic esters (lactones) is 1. The van der Waals surface area contributed by atoms with Crippen molar-refractivity contribution in [1.82, 2.24) is 30.7 Å². The molecule has 3 fully saturated rings. The molecule has 0 saturated carbocycles. The van der Waals surface area contributed by atoms with Crippen LogP contribution in [-0.4, -0.2) is 119 Å². The lowest BCUT2D eigenvalue weighted by Gasteiger charge is -2.34. The number of amides is 6. The molecule has 0 bridgehead atoms. The number of nitrogens with one attached hydrogen (secondary N) is 3. The number of nitrogens with zero attached hydrogens (tertiary/aromatic N) is 3. The van der Waals surface area contributed by atoms with Gasteiger partial charge in [-0.1, -0.05) is 12.2 Å². The van der Waals surface area contributed by atoms with Gasteiger partial charge in [-0.3, -0.25) is 28.8 Å². The highest BCUT2D eigenvalue weighted by atomic mass is 19.1. The summed E-state index contributed by atoms with van der Waals surface area (Å²) in [4.78, 5) is 98.2. The van der Waals surface area contributed by atoms with Gasteiger partial charge in [-0.2, -0.15) is 0 Å².